The lowest BCUT2D eigenvalue weighted by Crippen LogP contribution is -2.69. The van der Waals surface area contributed by atoms with E-state index in [-0.39, 0.29) is 24.0 Å². The lowest BCUT2D eigenvalue weighted by Gasteiger charge is -2.44. The number of amides is 2. The van der Waals surface area contributed by atoms with Gasteiger partial charge in [0, 0.05) is 13.2 Å². The smallest absolute Gasteiger partial charge is 0.248 e. The number of carbonyl (C=O) groups excluding carboxylic acids is 2. The van der Waals surface area contributed by atoms with Crippen LogP contribution in [0.4, 0.5) is 0 Å². The number of carbonyl (C=O) groups is 2. The number of piperazine rings is 1. The van der Waals surface area contributed by atoms with Crippen molar-refractivity contribution in [3.05, 3.63) is 0 Å². The molecule has 0 aromatic heterocycles. The highest BCUT2D eigenvalue weighted by atomic mass is 16.5. The summed E-state index contributed by atoms with van der Waals surface area (Å²) in [5.74, 6) is 0.0149. The monoisotopic (exact) mass is 298 g/mol. The Morgan fingerprint density at radius 1 is 1.24 bits per heavy atom. The summed E-state index contributed by atoms with van der Waals surface area (Å²) in [5, 5.41) is 2.92. The molecule has 122 valence electrons. The third kappa shape index (κ3) is 4.19. The summed E-state index contributed by atoms with van der Waals surface area (Å²) in [7, 11) is 0. The van der Waals surface area contributed by atoms with Crippen molar-refractivity contribution >= 4 is 11.8 Å². The minimum atomic E-state index is -0.710. The average molecular weight is 298 g/mol. The summed E-state index contributed by atoms with van der Waals surface area (Å²) in [6, 6.07) is -0.380. The summed E-state index contributed by atoms with van der Waals surface area (Å²) < 4.78 is 5.51. The molecule has 0 radical (unpaired) electrons. The predicted octanol–water partition coefficient (Wildman–Crippen LogP) is 2.10. The zero-order valence-corrected chi connectivity index (χ0v) is 14.1. The third-order valence-electron chi connectivity index (χ3n) is 4.33. The molecule has 1 unspecified atom stereocenters. The third-order valence-corrected chi connectivity index (χ3v) is 4.33. The normalized spacial score (nSPS) is 21.8. The van der Waals surface area contributed by atoms with Gasteiger partial charge in [-0.25, -0.2) is 0 Å². The standard InChI is InChI=1S/C16H30N2O3/c1-6-16(7-2)15(20)18(13(5)14(19)17-16)10-8-9-11-21-12(3)4/h12-13H,6-11H2,1-5H3,(H,17,19). The fourth-order valence-electron chi connectivity index (χ4n) is 2.71. The van der Waals surface area contributed by atoms with Crippen molar-refractivity contribution in [1.82, 2.24) is 10.2 Å². The van der Waals surface area contributed by atoms with E-state index in [1.807, 2.05) is 27.7 Å². The van der Waals surface area contributed by atoms with E-state index in [2.05, 4.69) is 5.32 Å². The van der Waals surface area contributed by atoms with E-state index in [0.29, 0.717) is 26.0 Å². The number of nitrogens with one attached hydrogen (secondary N) is 1. The van der Waals surface area contributed by atoms with E-state index >= 15 is 0 Å². The van der Waals surface area contributed by atoms with Gasteiger partial charge in [0.15, 0.2) is 0 Å². The summed E-state index contributed by atoms with van der Waals surface area (Å²) in [6.45, 7) is 11.0. The zero-order chi connectivity index (χ0) is 16.0. The summed E-state index contributed by atoms with van der Waals surface area (Å²) in [4.78, 5) is 26.6. The average Bonchev–Trinajstić information content (AvgIpc) is 2.45. The van der Waals surface area contributed by atoms with Crippen LogP contribution in [0.5, 0.6) is 0 Å². The van der Waals surface area contributed by atoms with Crippen molar-refractivity contribution in [2.24, 2.45) is 0 Å². The highest BCUT2D eigenvalue weighted by Gasteiger charge is 2.46. The van der Waals surface area contributed by atoms with Crippen LogP contribution in [-0.4, -0.2) is 47.6 Å². The second-order valence-corrected chi connectivity index (χ2v) is 6.08. The van der Waals surface area contributed by atoms with Gasteiger partial charge in [-0.15, -0.1) is 0 Å². The fraction of sp³-hybridized carbons (Fsp3) is 0.875. The van der Waals surface area contributed by atoms with Gasteiger partial charge in [-0.1, -0.05) is 13.8 Å². The Morgan fingerprint density at radius 3 is 2.38 bits per heavy atom. The topological polar surface area (TPSA) is 58.6 Å². The van der Waals surface area contributed by atoms with Crippen LogP contribution < -0.4 is 5.32 Å². The van der Waals surface area contributed by atoms with Gasteiger partial charge in [0.25, 0.3) is 0 Å². The van der Waals surface area contributed by atoms with Crippen molar-refractivity contribution in [1.29, 1.82) is 0 Å². The molecule has 1 heterocycles. The Hall–Kier alpha value is -1.10. The maximum Gasteiger partial charge on any atom is 0.248 e. The Balaban J connectivity index is 2.61. The number of hydrogen-bond donors (Lipinski definition) is 1. The van der Waals surface area contributed by atoms with Crippen molar-refractivity contribution < 1.29 is 14.3 Å². The lowest BCUT2D eigenvalue weighted by atomic mass is 9.87. The Labute approximate surface area is 128 Å². The van der Waals surface area contributed by atoms with Crippen LogP contribution in [0.3, 0.4) is 0 Å². The van der Waals surface area contributed by atoms with Crippen LogP contribution in [0.1, 0.15) is 60.3 Å². The van der Waals surface area contributed by atoms with Gasteiger partial charge in [-0.3, -0.25) is 9.59 Å². The van der Waals surface area contributed by atoms with Crippen LogP contribution >= 0.6 is 0 Å². The summed E-state index contributed by atoms with van der Waals surface area (Å²) in [5.41, 5.74) is -0.710. The van der Waals surface area contributed by atoms with Gasteiger partial charge in [0.2, 0.25) is 11.8 Å². The molecule has 21 heavy (non-hydrogen) atoms. The van der Waals surface area contributed by atoms with E-state index in [0.717, 1.165) is 12.8 Å². The molecule has 0 saturated carbocycles. The highest BCUT2D eigenvalue weighted by Crippen LogP contribution is 2.25. The van der Waals surface area contributed by atoms with Crippen molar-refractivity contribution in [2.45, 2.75) is 78.0 Å². The maximum atomic E-state index is 12.7. The molecule has 1 atom stereocenters. The first kappa shape index (κ1) is 18.0. The van der Waals surface area contributed by atoms with Gasteiger partial charge < -0.3 is 15.0 Å². The van der Waals surface area contributed by atoms with Crippen molar-refractivity contribution in [3.8, 4) is 0 Å². The molecular weight excluding hydrogens is 268 g/mol. The van der Waals surface area contributed by atoms with Gasteiger partial charge >= 0.3 is 0 Å². The van der Waals surface area contributed by atoms with E-state index < -0.39 is 5.54 Å². The van der Waals surface area contributed by atoms with E-state index in [1.165, 1.54) is 0 Å². The first-order chi connectivity index (χ1) is 9.88. The van der Waals surface area contributed by atoms with Crippen LogP contribution in [0.15, 0.2) is 0 Å². The van der Waals surface area contributed by atoms with Crippen LogP contribution in [-0.2, 0) is 14.3 Å². The Kier molecular flexibility index (Phi) is 6.65. The first-order valence-corrected chi connectivity index (χ1v) is 8.12. The molecular formula is C16H30N2O3. The maximum absolute atomic E-state index is 12.7. The van der Waals surface area contributed by atoms with Crippen molar-refractivity contribution in [3.63, 3.8) is 0 Å². The molecule has 1 N–H and O–H groups in total. The number of nitrogens with zero attached hydrogens (tertiary/aromatic N) is 1. The minimum absolute atomic E-state index is 0.0447. The SMILES string of the molecule is CCC1(CC)NC(=O)C(C)N(CCCCOC(C)C)C1=O. The number of ether oxygens (including phenoxy) is 1. The van der Waals surface area contributed by atoms with Crippen molar-refractivity contribution in [2.75, 3.05) is 13.2 Å². The molecule has 1 saturated heterocycles. The molecule has 0 aliphatic carbocycles. The summed E-state index contributed by atoms with van der Waals surface area (Å²) in [6.07, 6.45) is 3.27. The van der Waals surface area contributed by atoms with E-state index in [9.17, 15) is 9.59 Å². The molecule has 1 aliphatic heterocycles. The molecule has 0 aromatic rings. The fourth-order valence-corrected chi connectivity index (χ4v) is 2.71. The second-order valence-electron chi connectivity index (χ2n) is 6.08. The van der Waals surface area contributed by atoms with Gasteiger partial charge in [-0.2, -0.15) is 0 Å². The van der Waals surface area contributed by atoms with Gasteiger partial charge in [0.1, 0.15) is 11.6 Å². The molecule has 1 fully saturated rings. The number of hydrogen-bond acceptors (Lipinski definition) is 3. The quantitative estimate of drug-likeness (QED) is 0.698. The second kappa shape index (κ2) is 7.78. The van der Waals surface area contributed by atoms with Crippen LogP contribution in [0.2, 0.25) is 0 Å². The number of rotatable bonds is 8. The molecule has 1 aliphatic rings. The summed E-state index contributed by atoms with van der Waals surface area (Å²) >= 11 is 0. The molecule has 0 bridgehead atoms. The van der Waals surface area contributed by atoms with E-state index in [1.54, 1.807) is 11.8 Å². The van der Waals surface area contributed by atoms with Gasteiger partial charge in [-0.05, 0) is 46.5 Å². The van der Waals surface area contributed by atoms with Gasteiger partial charge in [0.05, 0.1) is 6.10 Å². The number of unbranched alkanes of at least 4 members (excludes halogenated alkanes) is 1. The first-order valence-electron chi connectivity index (χ1n) is 8.12. The molecule has 1 rings (SSSR count). The minimum Gasteiger partial charge on any atom is -0.379 e. The Morgan fingerprint density at radius 2 is 1.86 bits per heavy atom. The van der Waals surface area contributed by atoms with Crippen LogP contribution in [0, 0.1) is 0 Å². The molecule has 2 amide bonds. The molecule has 0 spiro atoms. The largest absolute Gasteiger partial charge is 0.379 e. The predicted molar refractivity (Wildman–Crippen MR) is 83.0 cm³/mol. The molecule has 5 heteroatoms. The molecule has 5 nitrogen and oxygen atoms in total. The van der Waals surface area contributed by atoms with E-state index in [4.69, 9.17) is 4.74 Å². The van der Waals surface area contributed by atoms with Crippen LogP contribution in [0.25, 0.3) is 0 Å². The molecule has 0 aromatic carbocycles. The Bertz CT molecular complexity index is 365. The zero-order valence-electron chi connectivity index (χ0n) is 14.1. The lowest BCUT2D eigenvalue weighted by molar-refractivity contribution is -0.154. The highest BCUT2D eigenvalue weighted by molar-refractivity contribution is 5.99.